The van der Waals surface area contributed by atoms with Crippen molar-refractivity contribution in [3.05, 3.63) is 11.5 Å². The summed E-state index contributed by atoms with van der Waals surface area (Å²) in [7, 11) is 2.08. The molecule has 0 N–H and O–H groups in total. The molecule has 3 heterocycles. The van der Waals surface area contributed by atoms with E-state index < -0.39 is 5.97 Å². The predicted molar refractivity (Wildman–Crippen MR) is 80.0 cm³/mol. The first kappa shape index (κ1) is 14.7. The van der Waals surface area contributed by atoms with Crippen LogP contribution in [0, 0.1) is 6.92 Å². The van der Waals surface area contributed by atoms with Gasteiger partial charge in [0.1, 0.15) is 17.0 Å². The molecule has 0 amide bonds. The van der Waals surface area contributed by atoms with Crippen molar-refractivity contribution in [1.82, 2.24) is 20.0 Å². The van der Waals surface area contributed by atoms with Crippen molar-refractivity contribution in [2.45, 2.75) is 13.8 Å². The van der Waals surface area contributed by atoms with Gasteiger partial charge in [-0.3, -0.25) is 0 Å². The van der Waals surface area contributed by atoms with Crippen LogP contribution in [0.15, 0.2) is 4.52 Å². The molecular formula is C14H19N5O3. The summed E-state index contributed by atoms with van der Waals surface area (Å²) in [6.45, 7) is 7.36. The standard InChI is InChI=1S/C14H19N5O3/c1-4-21-14(20)11-10-12(19-7-5-18(3)6-8-19)15-9(2)16-13(10)22-17-11/h4-8H2,1-3H3. The van der Waals surface area contributed by atoms with E-state index in [0.29, 0.717) is 22.7 Å². The Labute approximate surface area is 128 Å². The van der Waals surface area contributed by atoms with Gasteiger partial charge in [0.15, 0.2) is 0 Å². The van der Waals surface area contributed by atoms with E-state index in [4.69, 9.17) is 9.26 Å². The molecule has 3 rings (SSSR count). The van der Waals surface area contributed by atoms with Crippen LogP contribution >= 0.6 is 0 Å². The van der Waals surface area contributed by atoms with E-state index in [1.807, 2.05) is 0 Å². The number of nitrogens with zero attached hydrogens (tertiary/aromatic N) is 5. The van der Waals surface area contributed by atoms with Gasteiger partial charge in [-0.1, -0.05) is 5.16 Å². The minimum Gasteiger partial charge on any atom is -0.461 e. The lowest BCUT2D eigenvalue weighted by atomic mass is 10.2. The van der Waals surface area contributed by atoms with Crippen molar-refractivity contribution in [2.24, 2.45) is 0 Å². The van der Waals surface area contributed by atoms with E-state index in [1.165, 1.54) is 0 Å². The van der Waals surface area contributed by atoms with Crippen LogP contribution in [-0.2, 0) is 4.74 Å². The number of rotatable bonds is 3. The van der Waals surface area contributed by atoms with Gasteiger partial charge in [0.05, 0.1) is 6.61 Å². The molecule has 8 nitrogen and oxygen atoms in total. The minimum atomic E-state index is -0.510. The fourth-order valence-electron chi connectivity index (χ4n) is 2.53. The molecule has 8 heteroatoms. The number of carbonyl (C=O) groups excluding carboxylic acids is 1. The summed E-state index contributed by atoms with van der Waals surface area (Å²) in [5.41, 5.74) is 0.468. The van der Waals surface area contributed by atoms with Crippen LogP contribution in [0.4, 0.5) is 5.82 Å². The molecule has 0 aliphatic carbocycles. The predicted octanol–water partition coefficient (Wildman–Crippen LogP) is 0.855. The first-order valence-electron chi connectivity index (χ1n) is 7.34. The Balaban J connectivity index is 2.07. The number of piperazine rings is 1. The van der Waals surface area contributed by atoms with Gasteiger partial charge < -0.3 is 19.1 Å². The maximum Gasteiger partial charge on any atom is 0.361 e. The van der Waals surface area contributed by atoms with Gasteiger partial charge in [-0.2, -0.15) is 4.98 Å². The van der Waals surface area contributed by atoms with Crippen molar-refractivity contribution in [3.63, 3.8) is 0 Å². The van der Waals surface area contributed by atoms with Crippen molar-refractivity contribution in [1.29, 1.82) is 0 Å². The average molecular weight is 305 g/mol. The highest BCUT2D eigenvalue weighted by Gasteiger charge is 2.26. The molecule has 0 radical (unpaired) electrons. The van der Waals surface area contributed by atoms with E-state index in [-0.39, 0.29) is 12.3 Å². The molecule has 2 aromatic heterocycles. The molecule has 2 aromatic rings. The summed E-state index contributed by atoms with van der Waals surface area (Å²) in [5.74, 6) is 0.775. The number of esters is 1. The van der Waals surface area contributed by atoms with Crippen LogP contribution in [0.3, 0.4) is 0 Å². The Kier molecular flexibility index (Phi) is 3.93. The van der Waals surface area contributed by atoms with Crippen LogP contribution in [0.25, 0.3) is 11.1 Å². The highest BCUT2D eigenvalue weighted by Crippen LogP contribution is 2.28. The van der Waals surface area contributed by atoms with E-state index in [2.05, 4.69) is 32.0 Å². The number of likely N-dealkylation sites (N-methyl/N-ethyl adjacent to an activating group) is 1. The molecule has 22 heavy (non-hydrogen) atoms. The van der Waals surface area contributed by atoms with Gasteiger partial charge in [-0.15, -0.1) is 0 Å². The van der Waals surface area contributed by atoms with Crippen molar-refractivity contribution in [3.8, 4) is 0 Å². The maximum absolute atomic E-state index is 12.1. The van der Waals surface area contributed by atoms with Crippen molar-refractivity contribution in [2.75, 3.05) is 44.7 Å². The summed E-state index contributed by atoms with van der Waals surface area (Å²) >= 11 is 0. The smallest absolute Gasteiger partial charge is 0.361 e. The molecule has 0 atom stereocenters. The first-order valence-corrected chi connectivity index (χ1v) is 7.34. The quantitative estimate of drug-likeness (QED) is 0.772. The Morgan fingerprint density at radius 1 is 1.27 bits per heavy atom. The number of ether oxygens (including phenoxy) is 1. The van der Waals surface area contributed by atoms with Crippen molar-refractivity contribution >= 4 is 22.9 Å². The number of hydrogen-bond acceptors (Lipinski definition) is 8. The molecule has 1 aliphatic heterocycles. The van der Waals surface area contributed by atoms with Gasteiger partial charge in [0, 0.05) is 26.2 Å². The van der Waals surface area contributed by atoms with Crippen molar-refractivity contribution < 1.29 is 14.1 Å². The SMILES string of the molecule is CCOC(=O)c1noc2nc(C)nc(N3CCN(C)CC3)c12. The molecule has 0 spiro atoms. The number of hydrogen-bond donors (Lipinski definition) is 0. The topological polar surface area (TPSA) is 84.6 Å². The fraction of sp³-hybridized carbons (Fsp3) is 0.571. The first-order chi connectivity index (χ1) is 10.6. The zero-order chi connectivity index (χ0) is 15.7. The number of aromatic nitrogens is 3. The third-order valence-corrected chi connectivity index (χ3v) is 3.70. The molecule has 1 fully saturated rings. The van der Waals surface area contributed by atoms with Crippen LogP contribution in [-0.4, -0.2) is 65.8 Å². The third kappa shape index (κ3) is 2.61. The lowest BCUT2D eigenvalue weighted by Crippen LogP contribution is -2.45. The van der Waals surface area contributed by atoms with Gasteiger partial charge in [0.25, 0.3) is 5.71 Å². The molecule has 118 valence electrons. The minimum absolute atomic E-state index is 0.144. The van der Waals surface area contributed by atoms with Gasteiger partial charge in [-0.25, -0.2) is 9.78 Å². The zero-order valence-corrected chi connectivity index (χ0v) is 13.0. The van der Waals surface area contributed by atoms with Gasteiger partial charge in [-0.05, 0) is 20.9 Å². The normalized spacial score (nSPS) is 16.2. The van der Waals surface area contributed by atoms with Gasteiger partial charge >= 0.3 is 5.97 Å². The monoisotopic (exact) mass is 305 g/mol. The molecule has 1 saturated heterocycles. The maximum atomic E-state index is 12.1. The van der Waals surface area contributed by atoms with Crippen LogP contribution in [0.1, 0.15) is 23.2 Å². The van der Waals surface area contributed by atoms with E-state index >= 15 is 0 Å². The second-order valence-corrected chi connectivity index (χ2v) is 5.32. The van der Waals surface area contributed by atoms with E-state index in [1.54, 1.807) is 13.8 Å². The zero-order valence-electron chi connectivity index (χ0n) is 13.0. The Morgan fingerprint density at radius 3 is 2.68 bits per heavy atom. The molecule has 1 aliphatic rings. The second kappa shape index (κ2) is 5.88. The molecular weight excluding hydrogens is 286 g/mol. The summed E-state index contributed by atoms with van der Waals surface area (Å²) in [6.07, 6.45) is 0. The highest BCUT2D eigenvalue weighted by atomic mass is 16.5. The Bertz CT molecular complexity index is 691. The number of fused-ring (bicyclic) bond motifs is 1. The molecule has 0 unspecified atom stereocenters. The Hall–Kier alpha value is -2.22. The lowest BCUT2D eigenvalue weighted by molar-refractivity contribution is 0.0517. The average Bonchev–Trinajstić information content (AvgIpc) is 2.91. The number of aryl methyl sites for hydroxylation is 1. The van der Waals surface area contributed by atoms with Crippen LogP contribution < -0.4 is 4.90 Å². The summed E-state index contributed by atoms with van der Waals surface area (Å²) in [6, 6.07) is 0. The fourth-order valence-corrected chi connectivity index (χ4v) is 2.53. The van der Waals surface area contributed by atoms with Crippen LogP contribution in [0.5, 0.6) is 0 Å². The molecule has 0 aromatic carbocycles. The summed E-state index contributed by atoms with van der Waals surface area (Å²) < 4.78 is 10.3. The molecule has 0 bridgehead atoms. The summed E-state index contributed by atoms with van der Waals surface area (Å²) in [5, 5.41) is 4.37. The Morgan fingerprint density at radius 2 is 2.00 bits per heavy atom. The molecule has 0 saturated carbocycles. The highest BCUT2D eigenvalue weighted by molar-refractivity contribution is 6.04. The second-order valence-electron chi connectivity index (χ2n) is 5.32. The lowest BCUT2D eigenvalue weighted by Gasteiger charge is -2.33. The van der Waals surface area contributed by atoms with E-state index in [0.717, 1.165) is 26.2 Å². The number of carbonyl (C=O) groups is 1. The van der Waals surface area contributed by atoms with Crippen LogP contribution in [0.2, 0.25) is 0 Å². The third-order valence-electron chi connectivity index (χ3n) is 3.70. The largest absolute Gasteiger partial charge is 0.461 e. The summed E-state index contributed by atoms with van der Waals surface area (Å²) in [4.78, 5) is 25.2. The van der Waals surface area contributed by atoms with E-state index in [9.17, 15) is 4.79 Å². The number of anilines is 1. The van der Waals surface area contributed by atoms with Gasteiger partial charge in [0.2, 0.25) is 5.69 Å².